The summed E-state index contributed by atoms with van der Waals surface area (Å²) < 4.78 is 13.7. The Morgan fingerprint density at radius 2 is 2.00 bits per heavy atom. The number of aryl methyl sites for hydroxylation is 2. The van der Waals surface area contributed by atoms with E-state index >= 15 is 0 Å². The van der Waals surface area contributed by atoms with E-state index in [2.05, 4.69) is 35.4 Å². The van der Waals surface area contributed by atoms with Crippen molar-refractivity contribution in [2.45, 2.75) is 45.1 Å². The number of H-pyrrole nitrogens is 1. The summed E-state index contributed by atoms with van der Waals surface area (Å²) >= 11 is 0. The largest absolute Gasteiger partial charge is 0.358 e. The molecule has 26 heavy (non-hydrogen) atoms. The lowest BCUT2D eigenvalue weighted by molar-refractivity contribution is -0.121. The van der Waals surface area contributed by atoms with Gasteiger partial charge in [0.2, 0.25) is 5.91 Å². The van der Waals surface area contributed by atoms with Crippen molar-refractivity contribution in [1.29, 1.82) is 0 Å². The molecule has 0 saturated carbocycles. The number of para-hydroxylation sites is 1. The second-order valence-corrected chi connectivity index (χ2v) is 7.05. The first kappa shape index (κ1) is 16.8. The van der Waals surface area contributed by atoms with E-state index in [1.54, 1.807) is 18.2 Å². The number of amides is 1. The van der Waals surface area contributed by atoms with Crippen LogP contribution in [0.15, 0.2) is 42.5 Å². The summed E-state index contributed by atoms with van der Waals surface area (Å²) in [6.07, 6.45) is 3.75. The maximum absolute atomic E-state index is 13.7. The van der Waals surface area contributed by atoms with E-state index in [4.69, 9.17) is 0 Å². The zero-order chi connectivity index (χ0) is 18.1. The molecule has 0 radical (unpaired) electrons. The van der Waals surface area contributed by atoms with Crippen LogP contribution in [0.3, 0.4) is 0 Å². The summed E-state index contributed by atoms with van der Waals surface area (Å²) in [5.41, 5.74) is 5.62. The van der Waals surface area contributed by atoms with Crippen molar-refractivity contribution in [3.63, 3.8) is 0 Å². The Morgan fingerprint density at radius 1 is 1.19 bits per heavy atom. The first-order valence-corrected chi connectivity index (χ1v) is 9.29. The second kappa shape index (κ2) is 6.94. The lowest BCUT2D eigenvalue weighted by Crippen LogP contribution is -2.39. The van der Waals surface area contributed by atoms with E-state index in [-0.39, 0.29) is 24.2 Å². The number of benzene rings is 2. The average Bonchev–Trinajstić information content (AvgIpc) is 3.02. The minimum Gasteiger partial charge on any atom is -0.358 e. The average molecular weight is 350 g/mol. The van der Waals surface area contributed by atoms with Gasteiger partial charge >= 0.3 is 0 Å². The molecule has 1 aromatic heterocycles. The predicted molar refractivity (Wildman–Crippen MR) is 102 cm³/mol. The van der Waals surface area contributed by atoms with Gasteiger partial charge in [0.15, 0.2) is 0 Å². The molecule has 0 aliphatic heterocycles. The Labute approximate surface area is 152 Å². The van der Waals surface area contributed by atoms with Gasteiger partial charge in [-0.3, -0.25) is 4.79 Å². The number of hydrogen-bond acceptors (Lipinski definition) is 1. The quantitative estimate of drug-likeness (QED) is 0.731. The molecule has 3 nitrogen and oxygen atoms in total. The molecular weight excluding hydrogens is 327 g/mol. The van der Waals surface area contributed by atoms with Gasteiger partial charge in [-0.1, -0.05) is 43.3 Å². The van der Waals surface area contributed by atoms with Crippen LogP contribution in [0.2, 0.25) is 0 Å². The normalized spacial score (nSPS) is 16.5. The minimum absolute atomic E-state index is 0.0872. The van der Waals surface area contributed by atoms with Crippen molar-refractivity contribution in [1.82, 2.24) is 10.3 Å². The van der Waals surface area contributed by atoms with Crippen LogP contribution in [-0.2, 0) is 30.5 Å². The van der Waals surface area contributed by atoms with E-state index in [0.717, 1.165) is 25.7 Å². The molecule has 0 saturated heterocycles. The predicted octanol–water partition coefficient (Wildman–Crippen LogP) is 4.09. The number of hydrogen-bond donors (Lipinski definition) is 2. The van der Waals surface area contributed by atoms with E-state index in [1.165, 1.54) is 33.8 Å². The fourth-order valence-electron chi connectivity index (χ4n) is 4.01. The molecule has 0 fully saturated rings. The molecule has 2 N–H and O–H groups in total. The van der Waals surface area contributed by atoms with E-state index < -0.39 is 0 Å². The number of aromatic amines is 1. The number of halogens is 1. The van der Waals surface area contributed by atoms with Crippen molar-refractivity contribution >= 4 is 16.8 Å². The second-order valence-electron chi connectivity index (χ2n) is 7.05. The van der Waals surface area contributed by atoms with Gasteiger partial charge in [0.05, 0.1) is 6.42 Å². The number of carbonyl (C=O) groups excluding carboxylic acids is 1. The molecule has 2 aromatic carbocycles. The summed E-state index contributed by atoms with van der Waals surface area (Å²) in [5, 5.41) is 4.37. The molecule has 0 unspecified atom stereocenters. The number of carbonyl (C=O) groups is 1. The van der Waals surface area contributed by atoms with Crippen LogP contribution < -0.4 is 5.32 Å². The smallest absolute Gasteiger partial charge is 0.224 e. The SMILES string of the molecule is CCc1cccc2c3c([nH]c12)CC[C@H](NC(=O)Cc1ccccc1F)C3. The first-order valence-electron chi connectivity index (χ1n) is 9.29. The van der Waals surface area contributed by atoms with Crippen LogP contribution in [0.25, 0.3) is 10.9 Å². The van der Waals surface area contributed by atoms with Gasteiger partial charge in [-0.05, 0) is 48.4 Å². The summed E-state index contributed by atoms with van der Waals surface area (Å²) in [5.74, 6) is -0.435. The van der Waals surface area contributed by atoms with Gasteiger partial charge in [0.25, 0.3) is 0 Å². The third-order valence-corrected chi connectivity index (χ3v) is 5.36. The Balaban J connectivity index is 1.50. The molecule has 1 aliphatic rings. The molecule has 4 heteroatoms. The summed E-state index contributed by atoms with van der Waals surface area (Å²) in [4.78, 5) is 16.0. The summed E-state index contributed by atoms with van der Waals surface area (Å²) in [6, 6.07) is 13.0. The van der Waals surface area contributed by atoms with Gasteiger partial charge in [0, 0.05) is 22.6 Å². The Kier molecular flexibility index (Phi) is 4.49. The van der Waals surface area contributed by atoms with Crippen LogP contribution in [0.4, 0.5) is 4.39 Å². The number of nitrogens with one attached hydrogen (secondary N) is 2. The van der Waals surface area contributed by atoms with Crippen molar-refractivity contribution in [2.75, 3.05) is 0 Å². The summed E-state index contributed by atoms with van der Waals surface area (Å²) in [7, 11) is 0. The van der Waals surface area contributed by atoms with Gasteiger partial charge in [-0.2, -0.15) is 0 Å². The van der Waals surface area contributed by atoms with E-state index in [1.807, 2.05) is 0 Å². The van der Waals surface area contributed by atoms with Gasteiger partial charge < -0.3 is 10.3 Å². The van der Waals surface area contributed by atoms with Gasteiger partial charge in [0.1, 0.15) is 5.82 Å². The van der Waals surface area contributed by atoms with Crippen LogP contribution in [0.5, 0.6) is 0 Å². The zero-order valence-corrected chi connectivity index (χ0v) is 14.9. The molecule has 0 spiro atoms. The standard InChI is InChI=1S/C22H23FN2O/c1-2-14-7-5-8-17-18-13-16(10-11-20(18)25-22(14)17)24-21(26)12-15-6-3-4-9-19(15)23/h3-9,16,25H,2,10-13H2,1H3,(H,24,26)/t16-/m0/s1. The fourth-order valence-corrected chi connectivity index (χ4v) is 4.01. The third kappa shape index (κ3) is 3.12. The Bertz CT molecular complexity index is 960. The fraction of sp³-hybridized carbons (Fsp3) is 0.318. The van der Waals surface area contributed by atoms with E-state index in [9.17, 15) is 9.18 Å². The van der Waals surface area contributed by atoms with Crippen molar-refractivity contribution in [2.24, 2.45) is 0 Å². The highest BCUT2D eigenvalue weighted by atomic mass is 19.1. The maximum Gasteiger partial charge on any atom is 0.224 e. The lowest BCUT2D eigenvalue weighted by Gasteiger charge is -2.23. The zero-order valence-electron chi connectivity index (χ0n) is 14.9. The minimum atomic E-state index is -0.322. The number of rotatable bonds is 4. The molecular formula is C22H23FN2O. The molecule has 134 valence electrons. The van der Waals surface area contributed by atoms with Crippen LogP contribution in [0, 0.1) is 5.82 Å². The van der Waals surface area contributed by atoms with Crippen molar-refractivity contribution in [3.8, 4) is 0 Å². The molecule has 3 aromatic rings. The van der Waals surface area contributed by atoms with Crippen LogP contribution >= 0.6 is 0 Å². The Hall–Kier alpha value is -2.62. The molecule has 4 rings (SSSR count). The van der Waals surface area contributed by atoms with Crippen LogP contribution in [0.1, 0.15) is 35.7 Å². The van der Waals surface area contributed by atoms with Gasteiger partial charge in [-0.25, -0.2) is 4.39 Å². The summed E-state index contributed by atoms with van der Waals surface area (Å²) in [6.45, 7) is 2.17. The van der Waals surface area contributed by atoms with Crippen molar-refractivity contribution < 1.29 is 9.18 Å². The van der Waals surface area contributed by atoms with E-state index in [0.29, 0.717) is 5.56 Å². The molecule has 1 amide bonds. The third-order valence-electron chi connectivity index (χ3n) is 5.36. The van der Waals surface area contributed by atoms with Gasteiger partial charge in [-0.15, -0.1) is 0 Å². The number of fused-ring (bicyclic) bond motifs is 3. The topological polar surface area (TPSA) is 44.9 Å². The highest BCUT2D eigenvalue weighted by Gasteiger charge is 2.24. The highest BCUT2D eigenvalue weighted by molar-refractivity contribution is 5.88. The maximum atomic E-state index is 13.7. The lowest BCUT2D eigenvalue weighted by atomic mass is 9.91. The molecule has 1 atom stereocenters. The van der Waals surface area contributed by atoms with Crippen LogP contribution in [-0.4, -0.2) is 16.9 Å². The molecule has 1 heterocycles. The monoisotopic (exact) mass is 350 g/mol. The highest BCUT2D eigenvalue weighted by Crippen LogP contribution is 2.31. The Morgan fingerprint density at radius 3 is 2.81 bits per heavy atom. The first-order chi connectivity index (χ1) is 12.7. The molecule has 1 aliphatic carbocycles. The van der Waals surface area contributed by atoms with Crippen molar-refractivity contribution in [3.05, 3.63) is 70.7 Å². The molecule has 0 bridgehead atoms. The number of aromatic nitrogens is 1.